The molecule has 2 heterocycles. The normalized spacial score (nSPS) is 23.2. The average Bonchev–Trinajstić information content (AvgIpc) is 2.13. The van der Waals surface area contributed by atoms with Crippen LogP contribution in [0, 0.1) is 6.92 Å². The topological polar surface area (TPSA) is 98.0 Å². The standard InChI is InChI=1S/C10H16N4O2S/c1-7-5-9(14-10(11)12-7)13-8-3-2-4-17(15,16)6-8/h5,8H,2-4,6H2,1H3,(H3,11,12,13,14). The first-order valence-electron chi connectivity index (χ1n) is 5.53. The second kappa shape index (κ2) is 4.48. The molecule has 3 N–H and O–H groups in total. The monoisotopic (exact) mass is 256 g/mol. The minimum Gasteiger partial charge on any atom is -0.368 e. The zero-order valence-corrected chi connectivity index (χ0v) is 10.5. The van der Waals surface area contributed by atoms with Crippen LogP contribution in [0.5, 0.6) is 0 Å². The van der Waals surface area contributed by atoms with E-state index in [0.717, 1.165) is 12.1 Å². The maximum Gasteiger partial charge on any atom is 0.222 e. The second-order valence-corrected chi connectivity index (χ2v) is 6.58. The number of sulfone groups is 1. The van der Waals surface area contributed by atoms with Crippen LogP contribution >= 0.6 is 0 Å². The number of anilines is 2. The van der Waals surface area contributed by atoms with Crippen molar-refractivity contribution in [1.82, 2.24) is 9.97 Å². The van der Waals surface area contributed by atoms with E-state index in [1.54, 1.807) is 6.07 Å². The maximum absolute atomic E-state index is 11.5. The molecule has 0 spiro atoms. The van der Waals surface area contributed by atoms with Crippen molar-refractivity contribution in [2.24, 2.45) is 0 Å². The maximum atomic E-state index is 11.5. The van der Waals surface area contributed by atoms with Gasteiger partial charge < -0.3 is 11.1 Å². The first kappa shape index (κ1) is 12.1. The Morgan fingerprint density at radius 1 is 1.47 bits per heavy atom. The summed E-state index contributed by atoms with van der Waals surface area (Å²) in [5.74, 6) is 1.25. The number of hydrogen-bond donors (Lipinski definition) is 2. The van der Waals surface area contributed by atoms with Crippen LogP contribution in [-0.4, -0.2) is 35.9 Å². The molecular formula is C10H16N4O2S. The van der Waals surface area contributed by atoms with Crippen LogP contribution in [-0.2, 0) is 9.84 Å². The van der Waals surface area contributed by atoms with Gasteiger partial charge in [0.05, 0.1) is 11.5 Å². The molecular weight excluding hydrogens is 240 g/mol. The van der Waals surface area contributed by atoms with Gasteiger partial charge in [0, 0.05) is 17.8 Å². The summed E-state index contributed by atoms with van der Waals surface area (Å²) in [6, 6.07) is 1.68. The van der Waals surface area contributed by atoms with Gasteiger partial charge >= 0.3 is 0 Å². The highest BCUT2D eigenvalue weighted by Gasteiger charge is 2.24. The van der Waals surface area contributed by atoms with Gasteiger partial charge in [-0.15, -0.1) is 0 Å². The van der Waals surface area contributed by atoms with E-state index in [2.05, 4.69) is 15.3 Å². The fraction of sp³-hybridized carbons (Fsp3) is 0.600. The summed E-state index contributed by atoms with van der Waals surface area (Å²) < 4.78 is 23.0. The number of nitrogens with two attached hydrogens (primary N) is 1. The molecule has 0 radical (unpaired) electrons. The quantitative estimate of drug-likeness (QED) is 0.792. The summed E-state index contributed by atoms with van der Waals surface area (Å²) in [5, 5.41) is 3.11. The number of hydrogen-bond acceptors (Lipinski definition) is 6. The van der Waals surface area contributed by atoms with Gasteiger partial charge in [-0.2, -0.15) is 4.98 Å². The molecule has 1 atom stereocenters. The van der Waals surface area contributed by atoms with Crippen LogP contribution < -0.4 is 11.1 Å². The van der Waals surface area contributed by atoms with Crippen molar-refractivity contribution in [3.63, 3.8) is 0 Å². The Morgan fingerprint density at radius 3 is 2.88 bits per heavy atom. The highest BCUT2D eigenvalue weighted by atomic mass is 32.2. The lowest BCUT2D eigenvalue weighted by Crippen LogP contribution is -2.35. The van der Waals surface area contributed by atoms with Crippen LogP contribution in [0.1, 0.15) is 18.5 Å². The third-order valence-electron chi connectivity index (χ3n) is 2.69. The van der Waals surface area contributed by atoms with Crippen molar-refractivity contribution in [3.05, 3.63) is 11.8 Å². The highest BCUT2D eigenvalue weighted by molar-refractivity contribution is 7.91. The highest BCUT2D eigenvalue weighted by Crippen LogP contribution is 2.17. The molecule has 1 saturated heterocycles. The van der Waals surface area contributed by atoms with Gasteiger partial charge in [0.25, 0.3) is 0 Å². The smallest absolute Gasteiger partial charge is 0.222 e. The van der Waals surface area contributed by atoms with Crippen molar-refractivity contribution in [3.8, 4) is 0 Å². The fourth-order valence-corrected chi connectivity index (χ4v) is 3.65. The minimum atomic E-state index is -2.91. The van der Waals surface area contributed by atoms with Gasteiger partial charge in [-0.25, -0.2) is 13.4 Å². The molecule has 1 aliphatic rings. The van der Waals surface area contributed by atoms with E-state index < -0.39 is 9.84 Å². The summed E-state index contributed by atoms with van der Waals surface area (Å²) in [7, 11) is -2.91. The lowest BCUT2D eigenvalue weighted by atomic mass is 10.2. The van der Waals surface area contributed by atoms with E-state index in [1.165, 1.54) is 0 Å². The van der Waals surface area contributed by atoms with Crippen LogP contribution in [0.2, 0.25) is 0 Å². The van der Waals surface area contributed by atoms with Crippen molar-refractivity contribution in [2.45, 2.75) is 25.8 Å². The second-order valence-electron chi connectivity index (χ2n) is 4.35. The molecule has 1 aromatic heterocycles. The fourth-order valence-electron chi connectivity index (χ4n) is 2.01. The molecule has 7 heteroatoms. The lowest BCUT2D eigenvalue weighted by Gasteiger charge is -2.23. The van der Waals surface area contributed by atoms with E-state index >= 15 is 0 Å². The molecule has 2 rings (SSSR count). The molecule has 0 amide bonds. The van der Waals surface area contributed by atoms with Crippen molar-refractivity contribution in [2.75, 3.05) is 22.6 Å². The first-order valence-corrected chi connectivity index (χ1v) is 7.35. The Labute approximate surface area is 101 Å². The van der Waals surface area contributed by atoms with Gasteiger partial charge in [-0.05, 0) is 19.8 Å². The minimum absolute atomic E-state index is 0.0811. The summed E-state index contributed by atoms with van der Waals surface area (Å²) >= 11 is 0. The zero-order valence-electron chi connectivity index (χ0n) is 9.68. The summed E-state index contributed by atoms with van der Waals surface area (Å²) in [6.07, 6.45) is 1.53. The molecule has 94 valence electrons. The Bertz CT molecular complexity index is 495. The van der Waals surface area contributed by atoms with Crippen LogP contribution in [0.25, 0.3) is 0 Å². The largest absolute Gasteiger partial charge is 0.368 e. The summed E-state index contributed by atoms with van der Waals surface area (Å²) in [5.41, 5.74) is 6.30. The number of aryl methyl sites for hydroxylation is 1. The molecule has 0 saturated carbocycles. The lowest BCUT2D eigenvalue weighted by molar-refractivity contribution is 0.561. The molecule has 1 aliphatic heterocycles. The predicted octanol–water partition coefficient (Wildman–Crippen LogP) is 0.356. The summed E-state index contributed by atoms with van der Waals surface area (Å²) in [4.78, 5) is 8.00. The average molecular weight is 256 g/mol. The molecule has 1 unspecified atom stereocenters. The van der Waals surface area contributed by atoms with E-state index in [0.29, 0.717) is 12.2 Å². The van der Waals surface area contributed by atoms with Crippen LogP contribution in [0.3, 0.4) is 0 Å². The van der Waals surface area contributed by atoms with Gasteiger partial charge in [0.1, 0.15) is 5.82 Å². The van der Waals surface area contributed by atoms with Gasteiger partial charge in [-0.3, -0.25) is 0 Å². The Morgan fingerprint density at radius 2 is 2.24 bits per heavy atom. The number of rotatable bonds is 2. The van der Waals surface area contributed by atoms with E-state index in [4.69, 9.17) is 5.73 Å². The van der Waals surface area contributed by atoms with Gasteiger partial charge in [0.2, 0.25) is 5.95 Å². The van der Waals surface area contributed by atoms with E-state index in [1.807, 2.05) is 6.92 Å². The van der Waals surface area contributed by atoms with Gasteiger partial charge in [0.15, 0.2) is 9.84 Å². The van der Waals surface area contributed by atoms with Gasteiger partial charge in [-0.1, -0.05) is 0 Å². The Hall–Kier alpha value is -1.37. The number of aromatic nitrogens is 2. The summed E-state index contributed by atoms with van der Waals surface area (Å²) in [6.45, 7) is 1.82. The first-order chi connectivity index (χ1) is 7.94. The molecule has 1 fully saturated rings. The predicted molar refractivity (Wildman–Crippen MR) is 66.5 cm³/mol. The third kappa shape index (κ3) is 3.29. The Kier molecular flexibility index (Phi) is 3.19. The molecule has 6 nitrogen and oxygen atoms in total. The van der Waals surface area contributed by atoms with Crippen molar-refractivity contribution in [1.29, 1.82) is 0 Å². The molecule has 1 aromatic rings. The SMILES string of the molecule is Cc1cc(NC2CCCS(=O)(=O)C2)nc(N)n1. The number of nitrogens with one attached hydrogen (secondary N) is 1. The van der Waals surface area contributed by atoms with Crippen molar-refractivity contribution >= 4 is 21.6 Å². The molecule has 0 aliphatic carbocycles. The Balaban J connectivity index is 2.10. The number of nitrogens with zero attached hydrogens (tertiary/aromatic N) is 2. The number of nitrogen functional groups attached to an aromatic ring is 1. The third-order valence-corrected chi connectivity index (χ3v) is 4.51. The van der Waals surface area contributed by atoms with E-state index in [9.17, 15) is 8.42 Å². The van der Waals surface area contributed by atoms with Crippen LogP contribution in [0.4, 0.5) is 11.8 Å². The van der Waals surface area contributed by atoms with E-state index in [-0.39, 0.29) is 23.5 Å². The zero-order chi connectivity index (χ0) is 12.5. The molecule has 0 aromatic carbocycles. The van der Waals surface area contributed by atoms with Crippen LogP contribution in [0.15, 0.2) is 6.07 Å². The van der Waals surface area contributed by atoms with Crippen molar-refractivity contribution < 1.29 is 8.42 Å². The molecule has 0 bridgehead atoms. The molecule has 17 heavy (non-hydrogen) atoms.